The Morgan fingerprint density at radius 2 is 1.69 bits per heavy atom. The van der Waals surface area contributed by atoms with Crippen LogP contribution in [0.3, 0.4) is 0 Å². The molecular weight excluding hydrogens is 328 g/mol. The van der Waals surface area contributed by atoms with Gasteiger partial charge in [0.1, 0.15) is 23.1 Å². The number of benzene rings is 2. The summed E-state index contributed by atoms with van der Waals surface area (Å²) in [6, 6.07) is 20.3. The van der Waals surface area contributed by atoms with E-state index in [9.17, 15) is 10.1 Å². The topological polar surface area (TPSA) is 64.2 Å². The molecule has 0 atom stereocenters. The fourth-order valence-corrected chi connectivity index (χ4v) is 2.79. The van der Waals surface area contributed by atoms with Crippen LogP contribution in [-0.2, 0) is 6.54 Å². The molecule has 0 aliphatic heterocycles. The third-order valence-electron chi connectivity index (χ3n) is 4.16. The van der Waals surface area contributed by atoms with Gasteiger partial charge in [-0.2, -0.15) is 5.26 Å². The van der Waals surface area contributed by atoms with Crippen molar-refractivity contribution in [2.75, 3.05) is 14.2 Å². The summed E-state index contributed by atoms with van der Waals surface area (Å²) in [4.78, 5) is 12.8. The van der Waals surface area contributed by atoms with Crippen LogP contribution >= 0.6 is 0 Å². The van der Waals surface area contributed by atoms with Crippen LogP contribution < -0.4 is 15.0 Å². The number of nitriles is 1. The molecule has 0 bridgehead atoms. The van der Waals surface area contributed by atoms with Gasteiger partial charge in [-0.1, -0.05) is 12.1 Å². The van der Waals surface area contributed by atoms with E-state index >= 15 is 0 Å². The molecule has 0 saturated carbocycles. The van der Waals surface area contributed by atoms with Crippen LogP contribution in [0, 0.1) is 11.3 Å². The molecule has 0 aliphatic carbocycles. The lowest BCUT2D eigenvalue weighted by atomic mass is 10.1. The molecular formula is C21H18N2O3. The van der Waals surface area contributed by atoms with E-state index < -0.39 is 0 Å². The molecule has 5 heteroatoms. The summed E-state index contributed by atoms with van der Waals surface area (Å²) in [7, 11) is 3.21. The largest absolute Gasteiger partial charge is 0.497 e. The van der Waals surface area contributed by atoms with Gasteiger partial charge in [-0.3, -0.25) is 4.79 Å². The standard InChI is InChI=1S/C21H18N2O3/c1-25-18-9-6-16(7-10-18)20-11-8-17(13-22)21(24)23(20)14-15-4-3-5-19(12-15)26-2/h3-12H,14H2,1-2H3. The van der Waals surface area contributed by atoms with E-state index in [1.165, 1.54) is 0 Å². The first kappa shape index (κ1) is 17.3. The van der Waals surface area contributed by atoms with Crippen LogP contribution in [0.25, 0.3) is 11.3 Å². The molecule has 0 radical (unpaired) electrons. The molecule has 0 fully saturated rings. The Labute approximate surface area is 151 Å². The van der Waals surface area contributed by atoms with Gasteiger partial charge in [0.25, 0.3) is 5.56 Å². The smallest absolute Gasteiger partial charge is 0.269 e. The highest BCUT2D eigenvalue weighted by molar-refractivity contribution is 5.61. The van der Waals surface area contributed by atoms with Gasteiger partial charge >= 0.3 is 0 Å². The maximum atomic E-state index is 12.8. The summed E-state index contributed by atoms with van der Waals surface area (Å²) in [5, 5.41) is 9.22. The molecule has 2 aromatic carbocycles. The minimum absolute atomic E-state index is 0.116. The molecule has 0 saturated heterocycles. The van der Waals surface area contributed by atoms with Crippen molar-refractivity contribution in [2.45, 2.75) is 6.54 Å². The van der Waals surface area contributed by atoms with E-state index in [1.807, 2.05) is 54.6 Å². The molecule has 3 aromatic rings. The van der Waals surface area contributed by atoms with Gasteiger partial charge in [0.2, 0.25) is 0 Å². The Hall–Kier alpha value is -3.52. The van der Waals surface area contributed by atoms with Crippen molar-refractivity contribution in [1.82, 2.24) is 4.57 Å². The fraction of sp³-hybridized carbons (Fsp3) is 0.143. The minimum atomic E-state index is -0.316. The summed E-state index contributed by atoms with van der Waals surface area (Å²) in [5.41, 5.74) is 2.32. The van der Waals surface area contributed by atoms with E-state index in [-0.39, 0.29) is 11.1 Å². The van der Waals surface area contributed by atoms with E-state index in [0.717, 1.165) is 28.3 Å². The Morgan fingerprint density at radius 1 is 0.962 bits per heavy atom. The lowest BCUT2D eigenvalue weighted by Crippen LogP contribution is -2.24. The number of hydrogen-bond acceptors (Lipinski definition) is 4. The van der Waals surface area contributed by atoms with E-state index in [0.29, 0.717) is 6.54 Å². The summed E-state index contributed by atoms with van der Waals surface area (Å²) in [6.07, 6.45) is 0. The molecule has 0 N–H and O–H groups in total. The van der Waals surface area contributed by atoms with Gasteiger partial charge in [0.15, 0.2) is 0 Å². The Morgan fingerprint density at radius 3 is 2.35 bits per heavy atom. The van der Waals surface area contributed by atoms with Crippen molar-refractivity contribution in [2.24, 2.45) is 0 Å². The average molecular weight is 346 g/mol. The van der Waals surface area contributed by atoms with Crippen LogP contribution in [0.4, 0.5) is 0 Å². The van der Waals surface area contributed by atoms with E-state index in [2.05, 4.69) is 0 Å². The number of hydrogen-bond donors (Lipinski definition) is 0. The number of aromatic nitrogens is 1. The predicted octanol–water partition coefficient (Wildman–Crippen LogP) is 3.45. The van der Waals surface area contributed by atoms with Gasteiger partial charge in [-0.25, -0.2) is 0 Å². The van der Waals surface area contributed by atoms with Gasteiger partial charge in [-0.05, 0) is 59.7 Å². The molecule has 1 aromatic heterocycles. The summed E-state index contributed by atoms with van der Waals surface area (Å²) < 4.78 is 12.1. The quantitative estimate of drug-likeness (QED) is 0.710. The zero-order chi connectivity index (χ0) is 18.5. The third-order valence-corrected chi connectivity index (χ3v) is 4.16. The van der Waals surface area contributed by atoms with Crippen LogP contribution in [0.2, 0.25) is 0 Å². The predicted molar refractivity (Wildman–Crippen MR) is 99.5 cm³/mol. The van der Waals surface area contributed by atoms with Gasteiger partial charge in [0, 0.05) is 0 Å². The normalized spacial score (nSPS) is 10.2. The van der Waals surface area contributed by atoms with Gasteiger partial charge < -0.3 is 14.0 Å². The molecule has 0 unspecified atom stereocenters. The Balaban J connectivity index is 2.11. The second kappa shape index (κ2) is 7.58. The van der Waals surface area contributed by atoms with Crippen LogP contribution in [0.5, 0.6) is 11.5 Å². The number of ether oxygens (including phenoxy) is 2. The Bertz CT molecular complexity index is 1010. The molecule has 1 heterocycles. The summed E-state index contributed by atoms with van der Waals surface area (Å²) in [6.45, 7) is 0.340. The molecule has 3 rings (SSSR count). The van der Waals surface area contributed by atoms with Gasteiger partial charge in [0.05, 0.1) is 26.5 Å². The number of nitrogens with zero attached hydrogens (tertiary/aromatic N) is 2. The summed E-state index contributed by atoms with van der Waals surface area (Å²) in [5.74, 6) is 1.46. The number of pyridine rings is 1. The van der Waals surface area contributed by atoms with Crippen LogP contribution in [-0.4, -0.2) is 18.8 Å². The molecule has 130 valence electrons. The Kier molecular flexibility index (Phi) is 5.04. The van der Waals surface area contributed by atoms with Crippen LogP contribution in [0.15, 0.2) is 65.5 Å². The lowest BCUT2D eigenvalue weighted by molar-refractivity contribution is 0.414. The molecule has 0 spiro atoms. The van der Waals surface area contributed by atoms with E-state index in [4.69, 9.17) is 9.47 Å². The zero-order valence-electron chi connectivity index (χ0n) is 14.6. The first-order valence-electron chi connectivity index (χ1n) is 8.07. The maximum absolute atomic E-state index is 12.8. The number of rotatable bonds is 5. The van der Waals surface area contributed by atoms with Crippen molar-refractivity contribution >= 4 is 0 Å². The zero-order valence-corrected chi connectivity index (χ0v) is 14.6. The highest BCUT2D eigenvalue weighted by atomic mass is 16.5. The SMILES string of the molecule is COc1ccc(-c2ccc(C#N)c(=O)n2Cc2cccc(OC)c2)cc1. The fourth-order valence-electron chi connectivity index (χ4n) is 2.79. The van der Waals surface area contributed by atoms with Crippen molar-refractivity contribution in [1.29, 1.82) is 5.26 Å². The van der Waals surface area contributed by atoms with E-state index in [1.54, 1.807) is 30.9 Å². The summed E-state index contributed by atoms with van der Waals surface area (Å²) >= 11 is 0. The van der Waals surface area contributed by atoms with Crippen molar-refractivity contribution in [3.05, 3.63) is 82.1 Å². The molecule has 26 heavy (non-hydrogen) atoms. The minimum Gasteiger partial charge on any atom is -0.497 e. The average Bonchev–Trinajstić information content (AvgIpc) is 2.69. The first-order chi connectivity index (χ1) is 12.7. The molecule has 0 amide bonds. The van der Waals surface area contributed by atoms with Crippen molar-refractivity contribution < 1.29 is 9.47 Å². The molecule has 5 nitrogen and oxygen atoms in total. The maximum Gasteiger partial charge on any atom is 0.269 e. The molecule has 0 aliphatic rings. The highest BCUT2D eigenvalue weighted by Gasteiger charge is 2.11. The second-order valence-electron chi connectivity index (χ2n) is 5.72. The van der Waals surface area contributed by atoms with Crippen molar-refractivity contribution in [3.8, 4) is 28.8 Å². The third kappa shape index (κ3) is 3.45. The van der Waals surface area contributed by atoms with Crippen molar-refractivity contribution in [3.63, 3.8) is 0 Å². The lowest BCUT2D eigenvalue weighted by Gasteiger charge is -2.14. The van der Waals surface area contributed by atoms with Gasteiger partial charge in [-0.15, -0.1) is 0 Å². The highest BCUT2D eigenvalue weighted by Crippen LogP contribution is 2.23. The first-order valence-corrected chi connectivity index (χ1v) is 8.07. The van der Waals surface area contributed by atoms with Crippen LogP contribution in [0.1, 0.15) is 11.1 Å². The monoisotopic (exact) mass is 346 g/mol. The second-order valence-corrected chi connectivity index (χ2v) is 5.72. The number of methoxy groups -OCH3 is 2.